The van der Waals surface area contributed by atoms with E-state index >= 15 is 0 Å². The second-order valence-corrected chi connectivity index (χ2v) is 57.0. The molecule has 0 aliphatic heterocycles. The SMILES string of the molecule is C.C.C=C1/C(=C\C=C2/CCC[C@]3(C)C([C@H](C)C/C=C/S(=O)(=O)C(C)(C)C)=CC[C@@H]23)C[C@@H](O)C[C@@H]1O.C=C1/C(=C\C=C2/CCC[C@]3(C)C([C@H](C)C/C=C/S(=O)(=O)C(C)(C)C)=CC[C@@H]23)C[C@H](O)C[C@H]1O.C=C1/C(=C\C=C2/CCC[C@]3(C)C([C@H](C)CC(F)(F)S(=O)(=O)C(C)(C)C)=CC[C@@H]23)C[C@@H](O)C[C@@H]1O.C=C1/C(=C\C=C2/CCC[C@]3(C)C([C@H](C)CC(F)(F)S(=O)(=O)C(C)(C)C)=CC[C@@H]23)C[C@H](O)C[C@H]1O. The van der Waals surface area contributed by atoms with Crippen molar-refractivity contribution in [3.63, 3.8) is 0 Å². The lowest BCUT2D eigenvalue weighted by Crippen LogP contribution is -2.43. The molecule has 0 radical (unpaired) electrons. The smallest absolute Gasteiger partial charge is 0.346 e. The Kier molecular flexibility index (Phi) is 38.7. The van der Waals surface area contributed by atoms with Crippen molar-refractivity contribution in [2.45, 2.75) is 411 Å². The van der Waals surface area contributed by atoms with Gasteiger partial charge in [0.05, 0.1) is 67.8 Å². The molecule has 768 valence electrons. The summed E-state index contributed by atoms with van der Waals surface area (Å²) in [5.41, 5.74) is 16.1. The van der Waals surface area contributed by atoms with Crippen molar-refractivity contribution in [2.75, 3.05) is 0 Å². The summed E-state index contributed by atoms with van der Waals surface area (Å²) in [6.07, 6.45) is 43.1. The number of aliphatic hydroxyl groups is 8. The minimum Gasteiger partial charge on any atom is -0.393 e. The molecular formula is C112H172F4O16S4. The number of halogens is 4. The molecule has 12 aliphatic carbocycles. The maximum atomic E-state index is 15.0. The van der Waals surface area contributed by atoms with Crippen molar-refractivity contribution >= 4 is 39.3 Å². The lowest BCUT2D eigenvalue weighted by Gasteiger charge is -2.43. The van der Waals surface area contributed by atoms with E-state index < -0.39 is 142 Å². The van der Waals surface area contributed by atoms with Crippen molar-refractivity contribution < 1.29 is 92.1 Å². The standard InChI is InChI=1S/2C28H42O4S.2C27H40F2O4S.2CH4/c2*1-19(9-8-16-33(31,32)27(3,4)5)24-13-14-25-21(10-7-15-28(24,25)6)11-12-22-17-23(29)18-26(30)20(22)2;2*1-17(16-27(28,29)34(32,33)25(3,4)5)22-11-12-23-19(8-7-13-26(22,23)6)9-10-20-14-21(30)15-24(31)18(20)2;;/h2*8,11-13,16,19,23,25-26,29-30H,2,7,9-10,14-15,17-18H2,1,3-6H3;2*9-11,17,21,23-24,30-31H,2,7-8,12-16H2,1,3-6H3;2*1H4/b2*16-8+,21-11+,22-12-;2*19-9+,20-10-;;/t19-,23+,25+,26-,28-;19-,23-,25+,26+,28-;17-,21+,23+,24-,26-;17-,21-,23+,24+,26-;;/m1111../s1. The first-order chi connectivity index (χ1) is 61.5. The summed E-state index contributed by atoms with van der Waals surface area (Å²) in [4.78, 5) is 0. The number of alkyl halides is 4. The van der Waals surface area contributed by atoms with E-state index in [4.69, 9.17) is 0 Å². The van der Waals surface area contributed by atoms with Gasteiger partial charge in [-0.2, -0.15) is 17.6 Å². The van der Waals surface area contributed by atoms with Crippen LogP contribution in [0.5, 0.6) is 0 Å². The van der Waals surface area contributed by atoms with Gasteiger partial charge in [-0.3, -0.25) is 0 Å². The number of rotatable bonds is 20. The Morgan fingerprint density at radius 3 is 0.757 bits per heavy atom. The van der Waals surface area contributed by atoms with Gasteiger partial charge < -0.3 is 40.9 Å². The van der Waals surface area contributed by atoms with Crippen molar-refractivity contribution in [3.05, 3.63) is 211 Å². The van der Waals surface area contributed by atoms with Crippen LogP contribution in [0.1, 0.15) is 333 Å². The second kappa shape index (κ2) is 44.8. The van der Waals surface area contributed by atoms with E-state index in [2.05, 4.69) is 129 Å². The molecule has 0 aromatic carbocycles. The largest absolute Gasteiger partial charge is 0.393 e. The first kappa shape index (κ1) is 117. The Labute approximate surface area is 817 Å². The number of hydrogen-bond acceptors (Lipinski definition) is 16. The third kappa shape index (κ3) is 25.8. The zero-order valence-electron chi connectivity index (χ0n) is 84.1. The van der Waals surface area contributed by atoms with Crippen molar-refractivity contribution in [2.24, 2.45) is 69.0 Å². The van der Waals surface area contributed by atoms with Crippen molar-refractivity contribution in [1.29, 1.82) is 0 Å². The Morgan fingerprint density at radius 2 is 0.559 bits per heavy atom. The molecule has 8 N–H and O–H groups in total. The maximum Gasteiger partial charge on any atom is 0.346 e. The summed E-state index contributed by atoms with van der Waals surface area (Å²) in [5, 5.41) is 75.8. The summed E-state index contributed by atoms with van der Waals surface area (Å²) < 4.78 is 155. The quantitative estimate of drug-likeness (QED) is 0.0415. The third-order valence-electron chi connectivity index (χ3n) is 32.3. The van der Waals surface area contributed by atoms with Gasteiger partial charge in [-0.1, -0.05) is 226 Å². The highest BCUT2D eigenvalue weighted by Gasteiger charge is 2.58. The van der Waals surface area contributed by atoms with Gasteiger partial charge in [0, 0.05) is 49.3 Å². The molecule has 0 saturated heterocycles. The fraction of sp³-hybridized carbons (Fsp3) is 0.679. The molecule has 16 nitrogen and oxygen atoms in total. The van der Waals surface area contributed by atoms with Crippen LogP contribution < -0.4 is 0 Å². The second-order valence-electron chi connectivity index (χ2n) is 46.2. The maximum absolute atomic E-state index is 15.0. The van der Waals surface area contributed by atoms with E-state index in [0.717, 1.165) is 160 Å². The lowest BCUT2D eigenvalue weighted by atomic mass is 9.62. The number of sulfone groups is 4. The van der Waals surface area contributed by atoms with Gasteiger partial charge >= 0.3 is 10.5 Å². The van der Waals surface area contributed by atoms with Gasteiger partial charge in [0.2, 0.25) is 19.7 Å². The number of allylic oxidation sites excluding steroid dienone is 22. The Morgan fingerprint density at radius 1 is 0.353 bits per heavy atom. The number of hydrogen-bond donors (Lipinski definition) is 8. The third-order valence-corrected chi connectivity index (χ3v) is 42.0. The summed E-state index contributed by atoms with van der Waals surface area (Å²) in [6.45, 7) is 51.2. The molecular weight excluding hydrogens is 1810 g/mol. The monoisotopic (exact) mass is 1980 g/mol. The average Bonchev–Trinajstić information content (AvgIpc) is 1.64. The zero-order chi connectivity index (χ0) is 101. The molecule has 0 unspecified atom stereocenters. The highest BCUT2D eigenvalue weighted by molar-refractivity contribution is 7.96. The summed E-state index contributed by atoms with van der Waals surface area (Å²) in [5.74, 6) is 0.751. The summed E-state index contributed by atoms with van der Waals surface area (Å²) in [7, 11) is -15.8. The first-order valence-electron chi connectivity index (χ1n) is 49.2. The highest BCUT2D eigenvalue weighted by Crippen LogP contribution is 2.63. The van der Waals surface area contributed by atoms with Crippen LogP contribution in [0, 0.1) is 69.0 Å². The van der Waals surface area contributed by atoms with Gasteiger partial charge in [-0.15, -0.1) is 0 Å². The molecule has 0 aromatic rings. The highest BCUT2D eigenvalue weighted by atomic mass is 32.2. The molecule has 136 heavy (non-hydrogen) atoms. The van der Waals surface area contributed by atoms with E-state index in [0.29, 0.717) is 86.2 Å². The molecule has 8 fully saturated rings. The molecule has 0 aromatic heterocycles. The van der Waals surface area contributed by atoms with Crippen LogP contribution in [0.2, 0.25) is 0 Å². The lowest BCUT2D eigenvalue weighted by molar-refractivity contribution is 0.0627. The molecule has 0 bridgehead atoms. The number of aliphatic hydroxyl groups excluding tert-OH is 8. The van der Waals surface area contributed by atoms with Crippen LogP contribution in [-0.4, -0.2) is 153 Å². The van der Waals surface area contributed by atoms with E-state index in [-0.39, 0.29) is 48.3 Å². The van der Waals surface area contributed by atoms with Crippen LogP contribution in [0.25, 0.3) is 0 Å². The normalized spacial score (nSPS) is 34.0. The van der Waals surface area contributed by atoms with E-state index in [9.17, 15) is 92.1 Å². The minimum atomic E-state index is -4.62. The van der Waals surface area contributed by atoms with Gasteiger partial charge in [0.1, 0.15) is 0 Å². The molecule has 0 amide bonds. The summed E-state index contributed by atoms with van der Waals surface area (Å²) in [6, 6.07) is 0. The van der Waals surface area contributed by atoms with Gasteiger partial charge in [-0.05, 0) is 338 Å². The van der Waals surface area contributed by atoms with Crippen LogP contribution >= 0.6 is 0 Å². The van der Waals surface area contributed by atoms with Crippen molar-refractivity contribution in [3.8, 4) is 0 Å². The predicted molar refractivity (Wildman–Crippen MR) is 550 cm³/mol. The van der Waals surface area contributed by atoms with E-state index in [1.165, 1.54) is 85.8 Å². The Bertz CT molecular complexity index is 4990. The predicted octanol–water partition coefficient (Wildman–Crippen LogP) is 24.6. The van der Waals surface area contributed by atoms with Crippen LogP contribution in [0.15, 0.2) is 211 Å². The molecule has 0 spiro atoms. The fourth-order valence-corrected chi connectivity index (χ4v) is 28.1. The Balaban J connectivity index is 0.000000246. The van der Waals surface area contributed by atoms with Crippen LogP contribution in [-0.2, 0) is 39.3 Å². The average molecular weight is 1980 g/mol. The van der Waals surface area contributed by atoms with E-state index in [1.54, 1.807) is 55.4 Å². The van der Waals surface area contributed by atoms with Gasteiger partial charge in [0.25, 0.3) is 0 Å². The fourth-order valence-electron chi connectivity index (χ4n) is 23.8. The summed E-state index contributed by atoms with van der Waals surface area (Å²) >= 11 is 0. The molecule has 24 heteroatoms. The molecule has 20 atom stereocenters. The Hall–Kier alpha value is -5.48. The first-order valence-corrected chi connectivity index (χ1v) is 55.3. The van der Waals surface area contributed by atoms with Crippen LogP contribution in [0.4, 0.5) is 17.6 Å². The van der Waals surface area contributed by atoms with Gasteiger partial charge in [-0.25, -0.2) is 33.7 Å². The molecule has 12 aliphatic rings. The van der Waals surface area contributed by atoms with E-state index in [1.807, 2.05) is 24.3 Å². The molecule has 8 saturated carbocycles. The minimum absolute atomic E-state index is 0. The molecule has 0 heterocycles. The molecule has 12 rings (SSSR count). The van der Waals surface area contributed by atoms with Gasteiger partial charge in [0.15, 0.2) is 19.7 Å². The van der Waals surface area contributed by atoms with Crippen LogP contribution in [0.3, 0.4) is 0 Å². The van der Waals surface area contributed by atoms with Crippen molar-refractivity contribution in [1.82, 2.24) is 0 Å². The topological polar surface area (TPSA) is 298 Å². The number of fused-ring (bicyclic) bond motifs is 4. The zero-order valence-corrected chi connectivity index (χ0v) is 87.4.